The van der Waals surface area contributed by atoms with Gasteiger partial charge in [0.15, 0.2) is 6.10 Å². The maximum absolute atomic E-state index is 12.1. The van der Waals surface area contributed by atoms with Gasteiger partial charge in [-0.15, -0.1) is 0 Å². The Kier molecular flexibility index (Phi) is 4.17. The van der Waals surface area contributed by atoms with Crippen LogP contribution in [0.25, 0.3) is 0 Å². The summed E-state index contributed by atoms with van der Waals surface area (Å²) in [5, 5.41) is 0. The molecular weight excluding hydrogens is 258 g/mol. The van der Waals surface area contributed by atoms with Crippen molar-refractivity contribution in [3.05, 3.63) is 35.9 Å². The molecule has 0 aliphatic carbocycles. The van der Waals surface area contributed by atoms with Gasteiger partial charge in [-0.25, -0.2) is 0 Å². The fourth-order valence-corrected chi connectivity index (χ4v) is 1.95. The van der Waals surface area contributed by atoms with Crippen LogP contribution >= 0.6 is 0 Å². The number of ether oxygens (including phenoxy) is 1. The molecule has 1 aromatic rings. The smallest absolute Gasteiger partial charge is 0.309 e. The quantitative estimate of drug-likeness (QED) is 0.617. The summed E-state index contributed by atoms with van der Waals surface area (Å²) in [6.07, 6.45) is -1.04. The topological polar surface area (TPSA) is 63.7 Å². The Labute approximate surface area is 117 Å². The first-order valence-electron chi connectivity index (χ1n) is 6.57. The summed E-state index contributed by atoms with van der Waals surface area (Å²) in [4.78, 5) is 36.6. The Morgan fingerprint density at radius 1 is 1.30 bits per heavy atom. The molecule has 1 aliphatic heterocycles. The Hall–Kier alpha value is -2.17. The lowest BCUT2D eigenvalue weighted by molar-refractivity contribution is -0.159. The van der Waals surface area contributed by atoms with Crippen LogP contribution in [0, 0.1) is 5.92 Å². The molecule has 1 aromatic carbocycles. The van der Waals surface area contributed by atoms with Crippen molar-refractivity contribution >= 4 is 17.8 Å². The highest BCUT2D eigenvalue weighted by atomic mass is 16.5. The Morgan fingerprint density at radius 3 is 2.55 bits per heavy atom. The average molecular weight is 275 g/mol. The van der Waals surface area contributed by atoms with Crippen LogP contribution in [0.3, 0.4) is 0 Å². The third-order valence-corrected chi connectivity index (χ3v) is 3.12. The molecule has 0 bridgehead atoms. The molecule has 0 radical (unpaired) electrons. The van der Waals surface area contributed by atoms with Gasteiger partial charge in [-0.2, -0.15) is 0 Å². The lowest BCUT2D eigenvalue weighted by atomic mass is 10.2. The molecule has 0 aromatic heterocycles. The molecule has 0 spiro atoms. The Bertz CT molecular complexity index is 524. The van der Waals surface area contributed by atoms with Gasteiger partial charge in [0.2, 0.25) is 5.91 Å². The zero-order chi connectivity index (χ0) is 14.7. The second kappa shape index (κ2) is 5.86. The van der Waals surface area contributed by atoms with Gasteiger partial charge in [0.05, 0.1) is 18.9 Å². The van der Waals surface area contributed by atoms with Crippen molar-refractivity contribution in [2.75, 3.05) is 0 Å². The Balaban J connectivity index is 2.04. The van der Waals surface area contributed by atoms with E-state index in [1.807, 2.05) is 30.3 Å². The molecule has 2 rings (SSSR count). The molecule has 1 unspecified atom stereocenters. The number of nitrogens with zero attached hydrogens (tertiary/aromatic N) is 1. The highest BCUT2D eigenvalue weighted by molar-refractivity contribution is 6.05. The Morgan fingerprint density at radius 2 is 1.95 bits per heavy atom. The average Bonchev–Trinajstić information content (AvgIpc) is 2.67. The van der Waals surface area contributed by atoms with Crippen molar-refractivity contribution in [3.63, 3.8) is 0 Å². The van der Waals surface area contributed by atoms with E-state index in [0.29, 0.717) is 0 Å². The van der Waals surface area contributed by atoms with Crippen LogP contribution < -0.4 is 0 Å². The predicted octanol–water partition coefficient (Wildman–Crippen LogP) is 1.51. The van der Waals surface area contributed by atoms with Gasteiger partial charge >= 0.3 is 5.97 Å². The molecule has 1 heterocycles. The van der Waals surface area contributed by atoms with Crippen LogP contribution in [0.4, 0.5) is 0 Å². The maximum atomic E-state index is 12.1. The first-order chi connectivity index (χ1) is 9.49. The number of amides is 2. The number of likely N-dealkylation sites (tertiary alicyclic amines) is 1. The van der Waals surface area contributed by atoms with Crippen molar-refractivity contribution in [1.29, 1.82) is 0 Å². The largest absolute Gasteiger partial charge is 0.451 e. The number of imide groups is 1. The number of carbonyl (C=O) groups excluding carboxylic acids is 3. The van der Waals surface area contributed by atoms with Crippen molar-refractivity contribution in [2.24, 2.45) is 5.92 Å². The lowest BCUT2D eigenvalue weighted by Crippen LogP contribution is -2.33. The van der Waals surface area contributed by atoms with Gasteiger partial charge in [-0.1, -0.05) is 44.2 Å². The van der Waals surface area contributed by atoms with E-state index in [9.17, 15) is 14.4 Å². The second-order valence-electron chi connectivity index (χ2n) is 5.09. The van der Waals surface area contributed by atoms with E-state index in [0.717, 1.165) is 10.5 Å². The normalized spacial score (nSPS) is 18.8. The van der Waals surface area contributed by atoms with Crippen molar-refractivity contribution in [1.82, 2.24) is 4.90 Å². The summed E-state index contributed by atoms with van der Waals surface area (Å²) < 4.78 is 5.07. The molecule has 0 N–H and O–H groups in total. The summed E-state index contributed by atoms with van der Waals surface area (Å²) in [6, 6.07) is 9.24. The molecule has 1 saturated heterocycles. The number of carbonyl (C=O) groups is 3. The highest BCUT2D eigenvalue weighted by Crippen LogP contribution is 2.20. The van der Waals surface area contributed by atoms with Crippen LogP contribution in [0.15, 0.2) is 30.3 Å². The molecule has 5 heteroatoms. The number of esters is 1. The third kappa shape index (κ3) is 3.04. The number of benzene rings is 1. The molecular formula is C15H17NO4. The molecule has 106 valence electrons. The van der Waals surface area contributed by atoms with Crippen molar-refractivity contribution in [3.8, 4) is 0 Å². The third-order valence-electron chi connectivity index (χ3n) is 3.12. The van der Waals surface area contributed by atoms with E-state index in [-0.39, 0.29) is 24.8 Å². The van der Waals surface area contributed by atoms with Crippen molar-refractivity contribution in [2.45, 2.75) is 32.9 Å². The van der Waals surface area contributed by atoms with Crippen LogP contribution in [-0.2, 0) is 25.7 Å². The summed E-state index contributed by atoms with van der Waals surface area (Å²) >= 11 is 0. The van der Waals surface area contributed by atoms with Gasteiger partial charge in [0, 0.05) is 0 Å². The summed E-state index contributed by atoms with van der Waals surface area (Å²) in [5.74, 6) is -1.52. The minimum Gasteiger partial charge on any atom is -0.451 e. The second-order valence-corrected chi connectivity index (χ2v) is 5.09. The van der Waals surface area contributed by atoms with Crippen molar-refractivity contribution < 1.29 is 19.1 Å². The van der Waals surface area contributed by atoms with E-state index < -0.39 is 18.0 Å². The molecule has 2 amide bonds. The fraction of sp³-hybridized carbons (Fsp3) is 0.400. The number of rotatable bonds is 4. The predicted molar refractivity (Wildman–Crippen MR) is 71.3 cm³/mol. The summed E-state index contributed by atoms with van der Waals surface area (Å²) in [5.41, 5.74) is 0.866. The van der Waals surface area contributed by atoms with Crippen LogP contribution in [0.2, 0.25) is 0 Å². The molecule has 1 atom stereocenters. The van der Waals surface area contributed by atoms with Crippen LogP contribution in [-0.4, -0.2) is 28.8 Å². The molecule has 1 fully saturated rings. The number of hydrogen-bond acceptors (Lipinski definition) is 4. The zero-order valence-corrected chi connectivity index (χ0v) is 11.5. The van der Waals surface area contributed by atoms with E-state index in [2.05, 4.69) is 0 Å². The molecule has 5 nitrogen and oxygen atoms in total. The summed E-state index contributed by atoms with van der Waals surface area (Å²) in [7, 11) is 0. The minimum absolute atomic E-state index is 0.0654. The first kappa shape index (κ1) is 14.2. The number of hydrogen-bond donors (Lipinski definition) is 0. The monoisotopic (exact) mass is 275 g/mol. The van der Waals surface area contributed by atoms with E-state index >= 15 is 0 Å². The zero-order valence-electron chi connectivity index (χ0n) is 11.5. The van der Waals surface area contributed by atoms with E-state index in [1.54, 1.807) is 13.8 Å². The van der Waals surface area contributed by atoms with Gasteiger partial charge in [0.25, 0.3) is 5.91 Å². The van der Waals surface area contributed by atoms with Crippen LogP contribution in [0.1, 0.15) is 25.8 Å². The van der Waals surface area contributed by atoms with Gasteiger partial charge in [-0.3, -0.25) is 19.3 Å². The molecule has 1 aliphatic rings. The highest BCUT2D eigenvalue weighted by Gasteiger charge is 2.41. The van der Waals surface area contributed by atoms with Crippen LogP contribution in [0.5, 0.6) is 0 Å². The lowest BCUT2D eigenvalue weighted by Gasteiger charge is -2.15. The molecule has 0 saturated carbocycles. The van der Waals surface area contributed by atoms with Gasteiger partial charge in [-0.05, 0) is 5.56 Å². The van der Waals surface area contributed by atoms with Gasteiger partial charge in [0.1, 0.15) is 0 Å². The standard InChI is InChI=1S/C15H17NO4/c1-10(2)15(19)20-12-8-13(17)16(14(12)18)9-11-6-4-3-5-7-11/h3-7,10,12H,8-9H2,1-2H3. The van der Waals surface area contributed by atoms with Gasteiger partial charge < -0.3 is 4.74 Å². The molecule has 20 heavy (non-hydrogen) atoms. The summed E-state index contributed by atoms with van der Waals surface area (Å²) in [6.45, 7) is 3.59. The van der Waals surface area contributed by atoms with E-state index in [4.69, 9.17) is 4.74 Å². The maximum Gasteiger partial charge on any atom is 0.309 e. The van der Waals surface area contributed by atoms with E-state index in [1.165, 1.54) is 0 Å². The first-order valence-corrected chi connectivity index (χ1v) is 6.57. The SMILES string of the molecule is CC(C)C(=O)OC1CC(=O)N(Cc2ccccc2)C1=O. The fourth-order valence-electron chi connectivity index (χ4n) is 1.95. The minimum atomic E-state index is -0.971.